The van der Waals surface area contributed by atoms with Crippen molar-refractivity contribution in [1.82, 2.24) is 0 Å². The molecule has 3 nitrogen and oxygen atoms in total. The van der Waals surface area contributed by atoms with Crippen molar-refractivity contribution >= 4 is 60.9 Å². The van der Waals surface area contributed by atoms with Crippen molar-refractivity contribution in [2.75, 3.05) is 4.90 Å². The number of nitrogens with zero attached hydrogens (tertiary/aromatic N) is 1. The molecule has 0 atom stereocenters. The Bertz CT molecular complexity index is 5070. The average molecular weight is 1140 g/mol. The lowest BCUT2D eigenvalue weighted by atomic mass is 9.63. The zero-order valence-corrected chi connectivity index (χ0v) is 49.9. The number of hydrogen-bond donors (Lipinski definition) is 0. The molecule has 4 aliphatic rings. The summed E-state index contributed by atoms with van der Waals surface area (Å²) < 4.78 is 14.6. The molecule has 0 radical (unpaired) electrons. The lowest BCUT2D eigenvalue weighted by Gasteiger charge is -2.38. The van der Waals surface area contributed by atoms with Crippen LogP contribution in [0.5, 0.6) is 0 Å². The number of benzene rings is 13. The molecule has 0 aliphatic heterocycles. The van der Waals surface area contributed by atoms with E-state index < -0.39 is 21.7 Å². The molecule has 0 bridgehead atoms. The van der Waals surface area contributed by atoms with Gasteiger partial charge in [-0.1, -0.05) is 264 Å². The zero-order chi connectivity index (χ0) is 59.1. The Hall–Kier alpha value is -10.7. The summed E-state index contributed by atoms with van der Waals surface area (Å²) in [6, 6.07) is 106. The summed E-state index contributed by atoms with van der Waals surface area (Å²) >= 11 is 0. The summed E-state index contributed by atoms with van der Waals surface area (Å²) in [7, 11) is 0. The van der Waals surface area contributed by atoms with Crippen LogP contribution in [0.25, 0.3) is 88.4 Å². The fourth-order valence-corrected chi connectivity index (χ4v) is 17.7. The van der Waals surface area contributed by atoms with Crippen LogP contribution in [-0.4, -0.2) is 0 Å². The molecule has 0 spiro atoms. The van der Waals surface area contributed by atoms with Gasteiger partial charge in [-0.15, -0.1) is 0 Å². The first-order valence-corrected chi connectivity index (χ1v) is 31.3. The van der Waals surface area contributed by atoms with Gasteiger partial charge in [-0.05, 0) is 149 Å². The van der Waals surface area contributed by atoms with Crippen molar-refractivity contribution in [1.29, 1.82) is 0 Å². The van der Waals surface area contributed by atoms with Gasteiger partial charge in [0.1, 0.15) is 22.3 Å². The van der Waals surface area contributed by atoms with E-state index in [1.165, 1.54) is 122 Å². The normalized spacial score (nSPS) is 15.3. The van der Waals surface area contributed by atoms with Crippen LogP contribution in [0.15, 0.2) is 294 Å². The first kappa shape index (κ1) is 50.4. The van der Waals surface area contributed by atoms with Gasteiger partial charge >= 0.3 is 0 Å². The third-order valence-electron chi connectivity index (χ3n) is 21.1. The molecule has 15 aromatic rings. The molecule has 0 fully saturated rings. The van der Waals surface area contributed by atoms with E-state index in [0.717, 1.165) is 50.2 Å². The van der Waals surface area contributed by atoms with Crippen molar-refractivity contribution in [2.24, 2.45) is 0 Å². The first-order chi connectivity index (χ1) is 43.7. The fourth-order valence-electron chi connectivity index (χ4n) is 17.7. The van der Waals surface area contributed by atoms with E-state index in [9.17, 15) is 0 Å². The topological polar surface area (TPSA) is 29.5 Å². The van der Waals surface area contributed by atoms with Gasteiger partial charge in [0.2, 0.25) is 0 Å². The highest BCUT2D eigenvalue weighted by Crippen LogP contribution is 2.69. The third kappa shape index (κ3) is 6.31. The van der Waals surface area contributed by atoms with Gasteiger partial charge in [-0.25, -0.2) is 0 Å². The highest BCUT2D eigenvalue weighted by atomic mass is 16.3. The summed E-state index contributed by atoms with van der Waals surface area (Å²) in [5.74, 6) is 0. The van der Waals surface area contributed by atoms with E-state index >= 15 is 0 Å². The molecule has 0 saturated heterocycles. The van der Waals surface area contributed by atoms with E-state index in [1.54, 1.807) is 0 Å². The monoisotopic (exact) mass is 1140 g/mol. The standard InChI is InChI=1S/C86H59NO2/c1-83(2)67-50-57(46-48-61(67)71-73-63-40-22-26-44-69(63)88-81(73)75-59-38-20-24-42-65(59)85(79(75)77(71)83,52-28-10-5-11-29-52)53-30-12-6-13-31-53)87(56-36-18-9-19-37-56)58-47-49-62-68(51-58)84(3,4)78-72(62)74-64-41-23-27-45-70(64)89-82(74)76-60-39-21-25-43-66(60)86(80(76)78,54-32-14-7-15-33-54)55-34-16-8-17-35-55/h5-51H,1-4H3. The van der Waals surface area contributed by atoms with E-state index in [-0.39, 0.29) is 0 Å². The zero-order valence-electron chi connectivity index (χ0n) is 49.9. The number of para-hydroxylation sites is 3. The quantitative estimate of drug-likeness (QED) is 0.159. The second kappa shape index (κ2) is 17.9. The van der Waals surface area contributed by atoms with Crippen LogP contribution in [0.2, 0.25) is 0 Å². The molecule has 0 saturated carbocycles. The van der Waals surface area contributed by atoms with Crippen molar-refractivity contribution in [3.05, 3.63) is 352 Å². The molecule has 0 N–H and O–H groups in total. The Labute approximate surface area is 517 Å². The minimum atomic E-state index is -0.655. The van der Waals surface area contributed by atoms with Gasteiger partial charge in [-0.2, -0.15) is 0 Å². The van der Waals surface area contributed by atoms with Crippen LogP contribution in [0.1, 0.15) is 94.5 Å². The van der Waals surface area contributed by atoms with Crippen LogP contribution in [0.4, 0.5) is 17.1 Å². The lowest BCUT2D eigenvalue weighted by Crippen LogP contribution is -2.32. The smallest absolute Gasteiger partial charge is 0.144 e. The first-order valence-electron chi connectivity index (χ1n) is 31.3. The number of hydrogen-bond acceptors (Lipinski definition) is 3. The van der Waals surface area contributed by atoms with Gasteiger partial charge in [0.05, 0.1) is 10.8 Å². The fraction of sp³-hybridized carbons (Fsp3) is 0.0930. The van der Waals surface area contributed by atoms with Crippen molar-refractivity contribution in [2.45, 2.75) is 49.4 Å². The molecule has 89 heavy (non-hydrogen) atoms. The van der Waals surface area contributed by atoms with Crippen LogP contribution in [0, 0.1) is 0 Å². The predicted molar refractivity (Wildman–Crippen MR) is 365 cm³/mol. The van der Waals surface area contributed by atoms with Crippen molar-refractivity contribution in [3.63, 3.8) is 0 Å². The lowest BCUT2D eigenvalue weighted by molar-refractivity contribution is 0.631. The Kier molecular flexibility index (Phi) is 10.2. The molecule has 420 valence electrons. The summed E-state index contributed by atoms with van der Waals surface area (Å²) in [4.78, 5) is 2.50. The van der Waals surface area contributed by atoms with Crippen LogP contribution >= 0.6 is 0 Å². The van der Waals surface area contributed by atoms with Crippen molar-refractivity contribution in [3.8, 4) is 44.5 Å². The Morgan fingerprint density at radius 3 is 0.989 bits per heavy atom. The minimum Gasteiger partial charge on any atom is -0.455 e. The molecule has 13 aromatic carbocycles. The third-order valence-corrected chi connectivity index (χ3v) is 21.1. The Balaban J connectivity index is 0.861. The van der Waals surface area contributed by atoms with Gasteiger partial charge in [-0.3, -0.25) is 0 Å². The maximum atomic E-state index is 7.30. The molecule has 0 amide bonds. The van der Waals surface area contributed by atoms with E-state index in [1.807, 2.05) is 0 Å². The van der Waals surface area contributed by atoms with Gasteiger partial charge in [0.15, 0.2) is 0 Å². The molecule has 0 unspecified atom stereocenters. The second-order valence-electron chi connectivity index (χ2n) is 26.0. The van der Waals surface area contributed by atoms with E-state index in [4.69, 9.17) is 8.83 Å². The van der Waals surface area contributed by atoms with Crippen LogP contribution in [0.3, 0.4) is 0 Å². The predicted octanol–water partition coefficient (Wildman–Crippen LogP) is 22.3. The number of rotatable bonds is 7. The molecular weight excluding hydrogens is 1080 g/mol. The Morgan fingerprint density at radius 2 is 0.596 bits per heavy atom. The van der Waals surface area contributed by atoms with E-state index in [2.05, 4.69) is 318 Å². The SMILES string of the molecule is CC1(C)c2cc(N(c3ccccc3)c3ccc4c(c3)C(C)(C)c3c5c(c6oc7ccccc7c6c3-4)-c3ccccc3C5(c3ccccc3)c3ccccc3)ccc2-c2c1c1c(c3oc4ccccc4c23)-c2ccccc2C1(c1ccccc1)c1ccccc1. The summed E-state index contributed by atoms with van der Waals surface area (Å²) in [5.41, 5.74) is 29.9. The van der Waals surface area contributed by atoms with Gasteiger partial charge in [0, 0.05) is 60.6 Å². The summed E-state index contributed by atoms with van der Waals surface area (Å²) in [6.07, 6.45) is 0. The van der Waals surface area contributed by atoms with Gasteiger partial charge < -0.3 is 13.7 Å². The van der Waals surface area contributed by atoms with Crippen molar-refractivity contribution < 1.29 is 8.83 Å². The minimum absolute atomic E-state index is 0.487. The average Bonchev–Trinajstić information content (AvgIpc) is 1.50. The molecule has 2 heterocycles. The molecule has 3 heteroatoms. The number of fused-ring (bicyclic) bond motifs is 24. The second-order valence-corrected chi connectivity index (χ2v) is 26.0. The Morgan fingerprint density at radius 1 is 0.270 bits per heavy atom. The highest BCUT2D eigenvalue weighted by Gasteiger charge is 2.56. The molecule has 19 rings (SSSR count). The largest absolute Gasteiger partial charge is 0.455 e. The highest BCUT2D eigenvalue weighted by molar-refractivity contribution is 6.23. The maximum absolute atomic E-state index is 7.30. The van der Waals surface area contributed by atoms with Crippen LogP contribution < -0.4 is 4.90 Å². The molecular formula is C86H59NO2. The maximum Gasteiger partial charge on any atom is 0.144 e. The molecule has 2 aromatic heterocycles. The molecule has 4 aliphatic carbocycles. The van der Waals surface area contributed by atoms with Gasteiger partial charge in [0.25, 0.3) is 0 Å². The van der Waals surface area contributed by atoms with E-state index in [0.29, 0.717) is 0 Å². The van der Waals surface area contributed by atoms with Crippen LogP contribution in [-0.2, 0) is 21.7 Å². The summed E-state index contributed by atoms with van der Waals surface area (Å²) in [5, 5.41) is 4.63. The number of furan rings is 2. The summed E-state index contributed by atoms with van der Waals surface area (Å²) in [6.45, 7) is 9.90. The number of anilines is 3.